The van der Waals surface area contributed by atoms with E-state index in [1.54, 1.807) is 18.3 Å². The molecule has 1 heterocycles. The van der Waals surface area contributed by atoms with Crippen molar-refractivity contribution in [1.29, 1.82) is 0 Å². The summed E-state index contributed by atoms with van der Waals surface area (Å²) in [5, 5.41) is 20.2. The molecule has 0 bridgehead atoms. The Labute approximate surface area is 120 Å². The molecule has 2 rings (SSSR count). The maximum absolute atomic E-state index is 11.0. The minimum Gasteiger partial charge on any atom is -0.494 e. The van der Waals surface area contributed by atoms with Crippen molar-refractivity contribution in [2.75, 3.05) is 12.4 Å². The van der Waals surface area contributed by atoms with Gasteiger partial charge in [0.05, 0.1) is 25.2 Å². The lowest BCUT2D eigenvalue weighted by molar-refractivity contribution is -0.116. The standard InChI is InChI=1S/C13H15N3O3S/c1-2-19-11-4-3-9(5-10(11)7-17)6-14-16-13-15-12(18)8-20-13/h3-6,17H,2,7-8H2,1H3,(H,15,16,18). The number of carbonyl (C=O) groups is 1. The molecule has 2 N–H and O–H groups in total. The summed E-state index contributed by atoms with van der Waals surface area (Å²) in [6.45, 7) is 2.34. The largest absolute Gasteiger partial charge is 0.494 e. The quantitative estimate of drug-likeness (QED) is 0.630. The molecule has 0 radical (unpaired) electrons. The van der Waals surface area contributed by atoms with Crippen molar-refractivity contribution in [3.05, 3.63) is 29.3 Å². The zero-order valence-corrected chi connectivity index (χ0v) is 11.8. The first-order chi connectivity index (χ1) is 9.72. The fourth-order valence-corrected chi connectivity index (χ4v) is 2.26. The minimum atomic E-state index is -0.0998. The second-order valence-corrected chi connectivity index (χ2v) is 4.91. The smallest absolute Gasteiger partial charge is 0.236 e. The van der Waals surface area contributed by atoms with Crippen molar-refractivity contribution >= 4 is 29.1 Å². The van der Waals surface area contributed by atoms with Crippen LogP contribution in [0.5, 0.6) is 5.75 Å². The Balaban J connectivity index is 2.07. The summed E-state index contributed by atoms with van der Waals surface area (Å²) < 4.78 is 5.40. The van der Waals surface area contributed by atoms with Crippen LogP contribution in [0.25, 0.3) is 0 Å². The van der Waals surface area contributed by atoms with Crippen LogP contribution in [-0.4, -0.2) is 34.8 Å². The van der Waals surface area contributed by atoms with Crippen molar-refractivity contribution in [2.24, 2.45) is 10.2 Å². The Bertz CT molecular complexity index is 558. The first kappa shape index (κ1) is 14.5. The molecular formula is C13H15N3O3S. The number of hydrogen-bond acceptors (Lipinski definition) is 6. The van der Waals surface area contributed by atoms with Gasteiger partial charge in [-0.25, -0.2) is 0 Å². The van der Waals surface area contributed by atoms with Gasteiger partial charge in [-0.2, -0.15) is 5.10 Å². The Kier molecular flexibility index (Phi) is 5.14. The lowest BCUT2D eigenvalue weighted by atomic mass is 10.1. The maximum Gasteiger partial charge on any atom is 0.236 e. The summed E-state index contributed by atoms with van der Waals surface area (Å²) in [5.74, 6) is 0.983. The Morgan fingerprint density at radius 1 is 1.55 bits per heavy atom. The van der Waals surface area contributed by atoms with Gasteiger partial charge in [0.1, 0.15) is 5.75 Å². The lowest BCUT2D eigenvalue weighted by Gasteiger charge is -2.08. The van der Waals surface area contributed by atoms with Gasteiger partial charge in [0, 0.05) is 5.56 Å². The molecule has 1 saturated heterocycles. The number of ether oxygens (including phenoxy) is 1. The Morgan fingerprint density at radius 3 is 3.05 bits per heavy atom. The summed E-state index contributed by atoms with van der Waals surface area (Å²) in [6, 6.07) is 5.40. The number of amides is 1. The average molecular weight is 293 g/mol. The molecular weight excluding hydrogens is 278 g/mol. The summed E-state index contributed by atoms with van der Waals surface area (Å²) in [6.07, 6.45) is 1.56. The van der Waals surface area contributed by atoms with E-state index in [0.29, 0.717) is 28.8 Å². The van der Waals surface area contributed by atoms with E-state index < -0.39 is 0 Å². The van der Waals surface area contributed by atoms with Crippen molar-refractivity contribution in [2.45, 2.75) is 13.5 Å². The molecule has 6 nitrogen and oxygen atoms in total. The SMILES string of the molecule is CCOc1ccc(C=NN=C2NC(=O)CS2)cc1CO. The van der Waals surface area contributed by atoms with Gasteiger partial charge in [-0.15, -0.1) is 5.10 Å². The topological polar surface area (TPSA) is 83.3 Å². The lowest BCUT2D eigenvalue weighted by Crippen LogP contribution is -2.19. The van der Waals surface area contributed by atoms with Gasteiger partial charge in [-0.1, -0.05) is 11.8 Å². The molecule has 1 aliphatic rings. The Morgan fingerprint density at radius 2 is 2.40 bits per heavy atom. The molecule has 1 aromatic rings. The van der Waals surface area contributed by atoms with Gasteiger partial charge < -0.3 is 15.2 Å². The highest BCUT2D eigenvalue weighted by atomic mass is 32.2. The first-order valence-electron chi connectivity index (χ1n) is 6.13. The minimum absolute atomic E-state index is 0.0624. The van der Waals surface area contributed by atoms with Crippen LogP contribution in [0.2, 0.25) is 0 Å². The fourth-order valence-electron chi connectivity index (χ4n) is 1.63. The van der Waals surface area contributed by atoms with Crippen LogP contribution in [0, 0.1) is 0 Å². The van der Waals surface area contributed by atoms with Crippen molar-refractivity contribution in [1.82, 2.24) is 5.32 Å². The first-order valence-corrected chi connectivity index (χ1v) is 7.11. The van der Waals surface area contributed by atoms with E-state index in [9.17, 15) is 9.90 Å². The molecule has 1 amide bonds. The highest BCUT2D eigenvalue weighted by molar-refractivity contribution is 8.15. The molecule has 0 spiro atoms. The average Bonchev–Trinajstić information content (AvgIpc) is 2.86. The van der Waals surface area contributed by atoms with Gasteiger partial charge in [-0.05, 0) is 30.7 Å². The highest BCUT2D eigenvalue weighted by Gasteiger charge is 2.15. The molecule has 0 saturated carbocycles. The van der Waals surface area contributed by atoms with Crippen molar-refractivity contribution in [3.63, 3.8) is 0 Å². The monoisotopic (exact) mass is 293 g/mol. The van der Waals surface area contributed by atoms with Crippen LogP contribution in [-0.2, 0) is 11.4 Å². The number of carbonyl (C=O) groups excluding carboxylic acids is 1. The third-order valence-electron chi connectivity index (χ3n) is 2.50. The maximum atomic E-state index is 11.0. The number of rotatable bonds is 5. The number of thioether (sulfide) groups is 1. The van der Waals surface area contributed by atoms with Crippen LogP contribution in [0.3, 0.4) is 0 Å². The predicted octanol–water partition coefficient (Wildman–Crippen LogP) is 1.13. The molecule has 1 aliphatic heterocycles. The van der Waals surface area contributed by atoms with Gasteiger partial charge in [-0.3, -0.25) is 4.79 Å². The van der Waals surface area contributed by atoms with Crippen LogP contribution in [0.15, 0.2) is 28.4 Å². The zero-order valence-electron chi connectivity index (χ0n) is 11.0. The zero-order chi connectivity index (χ0) is 14.4. The molecule has 0 atom stereocenters. The summed E-state index contributed by atoms with van der Waals surface area (Å²) in [5.41, 5.74) is 1.50. The number of aliphatic hydroxyl groups excluding tert-OH is 1. The van der Waals surface area contributed by atoms with E-state index in [1.807, 2.05) is 13.0 Å². The van der Waals surface area contributed by atoms with Crippen molar-refractivity contribution in [3.8, 4) is 5.75 Å². The summed E-state index contributed by atoms with van der Waals surface area (Å²) in [7, 11) is 0. The third-order valence-corrected chi connectivity index (χ3v) is 3.36. The number of nitrogens with one attached hydrogen (secondary N) is 1. The molecule has 7 heteroatoms. The molecule has 0 unspecified atom stereocenters. The third kappa shape index (κ3) is 3.82. The van der Waals surface area contributed by atoms with Gasteiger partial charge in [0.2, 0.25) is 5.91 Å². The fraction of sp³-hybridized carbons (Fsp3) is 0.308. The number of benzene rings is 1. The number of amidine groups is 1. The van der Waals surface area contributed by atoms with E-state index in [4.69, 9.17) is 4.74 Å². The van der Waals surface area contributed by atoms with Crippen molar-refractivity contribution < 1.29 is 14.6 Å². The van der Waals surface area contributed by atoms with Crippen LogP contribution < -0.4 is 10.1 Å². The van der Waals surface area contributed by atoms with Crippen LogP contribution >= 0.6 is 11.8 Å². The molecule has 1 aromatic carbocycles. The van der Waals surface area contributed by atoms with E-state index in [1.165, 1.54) is 11.8 Å². The molecule has 20 heavy (non-hydrogen) atoms. The predicted molar refractivity (Wildman–Crippen MR) is 79.2 cm³/mol. The van der Waals surface area contributed by atoms with Gasteiger partial charge in [0.25, 0.3) is 0 Å². The van der Waals surface area contributed by atoms with Gasteiger partial charge in [0.15, 0.2) is 5.17 Å². The molecule has 0 aliphatic carbocycles. The van der Waals surface area contributed by atoms with Crippen LogP contribution in [0.1, 0.15) is 18.1 Å². The molecule has 0 aromatic heterocycles. The summed E-state index contributed by atoms with van der Waals surface area (Å²) >= 11 is 1.32. The van der Waals surface area contributed by atoms with E-state index in [-0.39, 0.29) is 12.5 Å². The second kappa shape index (κ2) is 7.06. The van der Waals surface area contributed by atoms with Gasteiger partial charge >= 0.3 is 0 Å². The second-order valence-electron chi connectivity index (χ2n) is 3.94. The normalized spacial score (nSPS) is 16.9. The van der Waals surface area contributed by atoms with E-state index >= 15 is 0 Å². The molecule has 1 fully saturated rings. The van der Waals surface area contributed by atoms with Crippen LogP contribution in [0.4, 0.5) is 0 Å². The summed E-state index contributed by atoms with van der Waals surface area (Å²) in [4.78, 5) is 11.0. The number of aliphatic hydroxyl groups is 1. The van der Waals surface area contributed by atoms with E-state index in [2.05, 4.69) is 15.5 Å². The number of hydrogen-bond donors (Lipinski definition) is 2. The van der Waals surface area contributed by atoms with E-state index in [0.717, 1.165) is 5.56 Å². The molecule has 106 valence electrons. The highest BCUT2D eigenvalue weighted by Crippen LogP contribution is 2.19. The Hall–Kier alpha value is -1.86. The number of nitrogens with zero attached hydrogens (tertiary/aromatic N) is 2.